The molecule has 3 rings (SSSR count). The third kappa shape index (κ3) is 5.42. The maximum absolute atomic E-state index is 12.8. The van der Waals surface area contributed by atoms with Crippen molar-refractivity contribution >= 4 is 17.6 Å². The number of amides is 2. The van der Waals surface area contributed by atoms with Crippen LogP contribution in [0.2, 0.25) is 0 Å². The number of ketones is 1. The van der Waals surface area contributed by atoms with E-state index in [1.165, 1.54) is 7.11 Å². The van der Waals surface area contributed by atoms with Crippen LogP contribution in [0.5, 0.6) is 11.5 Å². The summed E-state index contributed by atoms with van der Waals surface area (Å²) in [5.74, 6) is 0.868. The van der Waals surface area contributed by atoms with Gasteiger partial charge in [0.1, 0.15) is 0 Å². The maximum Gasteiger partial charge on any atom is 0.254 e. The van der Waals surface area contributed by atoms with Crippen LogP contribution >= 0.6 is 0 Å². The second-order valence-electron chi connectivity index (χ2n) is 7.53. The molecule has 164 valence electrons. The van der Waals surface area contributed by atoms with Crippen molar-refractivity contribution in [1.29, 1.82) is 0 Å². The average molecular weight is 424 g/mol. The first-order chi connectivity index (χ1) is 14.9. The quantitative estimate of drug-likeness (QED) is 0.639. The van der Waals surface area contributed by atoms with E-state index in [9.17, 15) is 14.4 Å². The number of hydrogen-bond acceptors (Lipinski definition) is 5. The van der Waals surface area contributed by atoms with Gasteiger partial charge in [-0.2, -0.15) is 0 Å². The molecule has 0 aromatic heterocycles. The van der Waals surface area contributed by atoms with E-state index >= 15 is 0 Å². The molecule has 1 aliphatic heterocycles. The molecule has 0 radical (unpaired) electrons. The molecular weight excluding hydrogens is 396 g/mol. The van der Waals surface area contributed by atoms with E-state index in [1.54, 1.807) is 47.2 Å². The van der Waals surface area contributed by atoms with Crippen LogP contribution in [0.1, 0.15) is 39.1 Å². The van der Waals surface area contributed by atoms with Crippen molar-refractivity contribution in [3.8, 4) is 11.5 Å². The largest absolute Gasteiger partial charge is 0.493 e. The fraction of sp³-hybridized carbons (Fsp3) is 0.375. The summed E-state index contributed by atoms with van der Waals surface area (Å²) in [6.07, 6.45) is 0.364. The fourth-order valence-corrected chi connectivity index (χ4v) is 3.57. The smallest absolute Gasteiger partial charge is 0.254 e. The van der Waals surface area contributed by atoms with E-state index in [4.69, 9.17) is 9.47 Å². The molecule has 0 N–H and O–H groups in total. The van der Waals surface area contributed by atoms with Crippen molar-refractivity contribution in [3.63, 3.8) is 0 Å². The zero-order valence-corrected chi connectivity index (χ0v) is 18.2. The molecule has 2 amide bonds. The minimum Gasteiger partial charge on any atom is -0.493 e. The molecule has 1 heterocycles. The number of nitrogens with zero attached hydrogens (tertiary/aromatic N) is 2. The highest BCUT2D eigenvalue weighted by molar-refractivity contribution is 5.98. The second kappa shape index (κ2) is 10.1. The van der Waals surface area contributed by atoms with Crippen molar-refractivity contribution < 1.29 is 23.9 Å². The Morgan fingerprint density at radius 3 is 1.97 bits per heavy atom. The van der Waals surface area contributed by atoms with Gasteiger partial charge in [0.15, 0.2) is 17.3 Å². The summed E-state index contributed by atoms with van der Waals surface area (Å²) in [5, 5.41) is 0. The van der Waals surface area contributed by atoms with E-state index in [0.29, 0.717) is 48.8 Å². The number of Topliss-reactive ketones (excluding diaryl/α,β-unsaturated/α-hetero) is 1. The third-order valence-corrected chi connectivity index (χ3v) is 5.49. The van der Waals surface area contributed by atoms with Crippen molar-refractivity contribution in [3.05, 3.63) is 59.2 Å². The highest BCUT2D eigenvalue weighted by atomic mass is 16.5. The zero-order valence-electron chi connectivity index (χ0n) is 18.2. The van der Waals surface area contributed by atoms with Crippen LogP contribution in [-0.4, -0.2) is 67.8 Å². The minimum absolute atomic E-state index is 0.0318. The normalized spacial score (nSPS) is 13.6. The van der Waals surface area contributed by atoms with Gasteiger partial charge in [0, 0.05) is 50.1 Å². The number of carbonyl (C=O) groups is 3. The molecule has 0 unspecified atom stereocenters. The topological polar surface area (TPSA) is 76.2 Å². The zero-order chi connectivity index (χ0) is 22.4. The van der Waals surface area contributed by atoms with Crippen molar-refractivity contribution in [2.75, 3.05) is 40.4 Å². The number of benzene rings is 2. The highest BCUT2D eigenvalue weighted by Crippen LogP contribution is 2.28. The van der Waals surface area contributed by atoms with Crippen LogP contribution in [0.15, 0.2) is 42.5 Å². The molecular formula is C24H28N2O5. The predicted molar refractivity (Wildman–Crippen MR) is 117 cm³/mol. The number of rotatable bonds is 7. The van der Waals surface area contributed by atoms with Crippen LogP contribution in [0.3, 0.4) is 0 Å². The summed E-state index contributed by atoms with van der Waals surface area (Å²) >= 11 is 0. The Labute approximate surface area is 182 Å². The van der Waals surface area contributed by atoms with Gasteiger partial charge < -0.3 is 19.3 Å². The van der Waals surface area contributed by atoms with Crippen molar-refractivity contribution in [2.45, 2.75) is 19.8 Å². The van der Waals surface area contributed by atoms with Gasteiger partial charge in [-0.1, -0.05) is 29.8 Å². The van der Waals surface area contributed by atoms with Gasteiger partial charge in [0.25, 0.3) is 5.91 Å². The summed E-state index contributed by atoms with van der Waals surface area (Å²) < 4.78 is 10.5. The standard InChI is InChI=1S/C24H28N2O5/c1-17-4-6-18(7-5-17)20(27)9-11-23(28)25-12-14-26(15-13-25)24(29)19-8-10-21(30-2)22(16-19)31-3/h4-8,10,16H,9,11-15H2,1-3H3. The minimum atomic E-state index is -0.109. The van der Waals surface area contributed by atoms with Gasteiger partial charge in [0.2, 0.25) is 5.91 Å². The molecule has 1 saturated heterocycles. The number of methoxy groups -OCH3 is 2. The fourth-order valence-electron chi connectivity index (χ4n) is 3.57. The number of aryl methyl sites for hydroxylation is 1. The summed E-state index contributed by atoms with van der Waals surface area (Å²) in [7, 11) is 3.07. The molecule has 1 fully saturated rings. The molecule has 2 aromatic rings. The Balaban J connectivity index is 1.50. The first-order valence-electron chi connectivity index (χ1n) is 10.3. The lowest BCUT2D eigenvalue weighted by atomic mass is 10.0. The SMILES string of the molecule is COc1ccc(C(=O)N2CCN(C(=O)CCC(=O)c3ccc(C)cc3)CC2)cc1OC. The van der Waals surface area contributed by atoms with Crippen LogP contribution in [0.25, 0.3) is 0 Å². The van der Waals surface area contributed by atoms with E-state index < -0.39 is 0 Å². The Bertz CT molecular complexity index is 947. The molecule has 1 aliphatic rings. The lowest BCUT2D eigenvalue weighted by Gasteiger charge is -2.35. The molecule has 0 saturated carbocycles. The average Bonchev–Trinajstić information content (AvgIpc) is 2.81. The van der Waals surface area contributed by atoms with Gasteiger partial charge >= 0.3 is 0 Å². The van der Waals surface area contributed by atoms with Gasteiger partial charge in [-0.25, -0.2) is 0 Å². The van der Waals surface area contributed by atoms with Crippen LogP contribution in [0, 0.1) is 6.92 Å². The number of ether oxygens (including phenoxy) is 2. The van der Waals surface area contributed by atoms with Gasteiger partial charge in [-0.15, -0.1) is 0 Å². The molecule has 7 nitrogen and oxygen atoms in total. The molecule has 0 spiro atoms. The maximum atomic E-state index is 12.8. The van der Waals surface area contributed by atoms with E-state index in [-0.39, 0.29) is 30.4 Å². The summed E-state index contributed by atoms with van der Waals surface area (Å²) in [5.41, 5.74) is 2.23. The predicted octanol–water partition coefficient (Wildman–Crippen LogP) is 2.96. The second-order valence-corrected chi connectivity index (χ2v) is 7.53. The first kappa shape index (κ1) is 22.3. The monoisotopic (exact) mass is 424 g/mol. The number of piperazine rings is 1. The van der Waals surface area contributed by atoms with Crippen LogP contribution < -0.4 is 9.47 Å². The molecule has 7 heteroatoms. The summed E-state index contributed by atoms with van der Waals surface area (Å²) in [6, 6.07) is 12.4. The van der Waals surface area contributed by atoms with E-state index in [0.717, 1.165) is 5.56 Å². The summed E-state index contributed by atoms with van der Waals surface area (Å²) in [6.45, 7) is 3.77. The van der Waals surface area contributed by atoms with E-state index in [2.05, 4.69) is 0 Å². The van der Waals surface area contributed by atoms with Crippen LogP contribution in [-0.2, 0) is 4.79 Å². The van der Waals surface area contributed by atoms with Gasteiger partial charge in [-0.05, 0) is 25.1 Å². The molecule has 0 atom stereocenters. The Hall–Kier alpha value is -3.35. The number of carbonyl (C=O) groups excluding carboxylic acids is 3. The summed E-state index contributed by atoms with van der Waals surface area (Å²) in [4.78, 5) is 41.1. The molecule has 2 aromatic carbocycles. The Morgan fingerprint density at radius 2 is 1.35 bits per heavy atom. The Morgan fingerprint density at radius 1 is 0.774 bits per heavy atom. The number of hydrogen-bond donors (Lipinski definition) is 0. The molecule has 31 heavy (non-hydrogen) atoms. The third-order valence-electron chi connectivity index (χ3n) is 5.49. The molecule has 0 aliphatic carbocycles. The van der Waals surface area contributed by atoms with Crippen LogP contribution in [0.4, 0.5) is 0 Å². The lowest BCUT2D eigenvalue weighted by Crippen LogP contribution is -2.50. The van der Waals surface area contributed by atoms with Crippen molar-refractivity contribution in [1.82, 2.24) is 9.80 Å². The van der Waals surface area contributed by atoms with Gasteiger partial charge in [-0.3, -0.25) is 14.4 Å². The first-order valence-corrected chi connectivity index (χ1v) is 10.3. The lowest BCUT2D eigenvalue weighted by molar-refractivity contribution is -0.132. The van der Waals surface area contributed by atoms with Gasteiger partial charge in [0.05, 0.1) is 14.2 Å². The van der Waals surface area contributed by atoms with E-state index in [1.807, 2.05) is 19.1 Å². The highest BCUT2D eigenvalue weighted by Gasteiger charge is 2.25. The Kier molecular flexibility index (Phi) is 7.28. The van der Waals surface area contributed by atoms with Crippen molar-refractivity contribution in [2.24, 2.45) is 0 Å². The molecule has 0 bridgehead atoms.